The van der Waals surface area contributed by atoms with Gasteiger partial charge >= 0.3 is 0 Å². The van der Waals surface area contributed by atoms with Crippen LogP contribution in [0.5, 0.6) is 0 Å². The number of H-pyrrole nitrogens is 1. The number of rotatable bonds is 4. The van der Waals surface area contributed by atoms with Crippen LogP contribution in [-0.4, -0.2) is 50.3 Å². The number of hydrogen-bond acceptors (Lipinski definition) is 6. The first kappa shape index (κ1) is 20.1. The highest BCUT2D eigenvalue weighted by Crippen LogP contribution is 2.26. The van der Waals surface area contributed by atoms with E-state index in [0.29, 0.717) is 30.0 Å². The van der Waals surface area contributed by atoms with Crippen molar-refractivity contribution >= 4 is 17.2 Å². The summed E-state index contributed by atoms with van der Waals surface area (Å²) in [6.45, 7) is 3.74. The van der Waals surface area contributed by atoms with Gasteiger partial charge in [-0.05, 0) is 48.5 Å². The maximum Gasteiger partial charge on any atom is 0.264 e. The number of nitrogens with zero attached hydrogens (tertiary/aromatic N) is 4. The average Bonchev–Trinajstić information content (AvgIpc) is 3.34. The summed E-state index contributed by atoms with van der Waals surface area (Å²) in [7, 11) is 0. The highest BCUT2D eigenvalue weighted by atomic mass is 32.1. The van der Waals surface area contributed by atoms with Gasteiger partial charge in [-0.1, -0.05) is 6.07 Å². The fourth-order valence-electron chi connectivity index (χ4n) is 4.54. The zero-order chi connectivity index (χ0) is 21.2. The fourth-order valence-corrected chi connectivity index (χ4v) is 5.23. The molecule has 0 unspecified atom stereocenters. The lowest BCUT2D eigenvalue weighted by molar-refractivity contribution is 0.0737. The Morgan fingerprint density at radius 3 is 2.90 bits per heavy atom. The molecular weight excluding hydrogens is 410 g/mol. The van der Waals surface area contributed by atoms with Gasteiger partial charge in [-0.2, -0.15) is 0 Å². The molecule has 0 bridgehead atoms. The molecule has 0 radical (unpaired) electrons. The van der Waals surface area contributed by atoms with Gasteiger partial charge in [-0.3, -0.25) is 19.5 Å². The van der Waals surface area contributed by atoms with Crippen LogP contribution in [0.1, 0.15) is 51.1 Å². The average molecular weight is 436 g/mol. The van der Waals surface area contributed by atoms with Crippen LogP contribution in [0, 0.1) is 0 Å². The normalized spacial score (nSPS) is 19.2. The van der Waals surface area contributed by atoms with E-state index in [9.17, 15) is 9.59 Å². The van der Waals surface area contributed by atoms with Crippen LogP contribution in [0.3, 0.4) is 0 Å². The topological polar surface area (TPSA) is 82.2 Å². The molecule has 0 spiro atoms. The zero-order valence-electron chi connectivity index (χ0n) is 17.3. The Hall–Kier alpha value is -2.84. The molecule has 1 fully saturated rings. The van der Waals surface area contributed by atoms with Crippen LogP contribution < -0.4 is 5.56 Å². The van der Waals surface area contributed by atoms with Gasteiger partial charge < -0.3 is 9.88 Å². The second kappa shape index (κ2) is 8.72. The van der Waals surface area contributed by atoms with Gasteiger partial charge in [0.1, 0.15) is 5.82 Å². The van der Waals surface area contributed by atoms with Gasteiger partial charge in [0, 0.05) is 44.4 Å². The third kappa shape index (κ3) is 4.31. The second-order valence-electron chi connectivity index (χ2n) is 8.26. The minimum Gasteiger partial charge on any atom is -0.333 e. The third-order valence-electron chi connectivity index (χ3n) is 6.15. The van der Waals surface area contributed by atoms with Crippen molar-refractivity contribution in [1.82, 2.24) is 24.8 Å². The Morgan fingerprint density at radius 1 is 1.23 bits per heavy atom. The first-order chi connectivity index (χ1) is 15.2. The molecule has 5 heterocycles. The lowest BCUT2D eigenvalue weighted by atomic mass is 9.96. The highest BCUT2D eigenvalue weighted by Gasteiger charge is 2.28. The molecule has 31 heavy (non-hydrogen) atoms. The summed E-state index contributed by atoms with van der Waals surface area (Å²) in [5.74, 6) is 1.00. The van der Waals surface area contributed by atoms with E-state index in [1.54, 1.807) is 4.90 Å². The summed E-state index contributed by atoms with van der Waals surface area (Å²) < 4.78 is 0. The minimum absolute atomic E-state index is 0.0110. The predicted octanol–water partition coefficient (Wildman–Crippen LogP) is 2.80. The Bertz CT molecular complexity index is 1110. The summed E-state index contributed by atoms with van der Waals surface area (Å²) in [6.07, 6.45) is 6.38. The number of carbonyl (C=O) groups is 1. The second-order valence-corrected chi connectivity index (χ2v) is 9.21. The van der Waals surface area contributed by atoms with Crippen molar-refractivity contribution in [3.05, 3.63) is 79.9 Å². The minimum atomic E-state index is -0.102. The number of thiophene rings is 1. The van der Waals surface area contributed by atoms with Gasteiger partial charge in [-0.15, -0.1) is 11.3 Å². The van der Waals surface area contributed by atoms with Crippen molar-refractivity contribution in [2.75, 3.05) is 19.6 Å². The zero-order valence-corrected chi connectivity index (χ0v) is 18.1. The van der Waals surface area contributed by atoms with E-state index in [1.165, 1.54) is 16.9 Å². The van der Waals surface area contributed by atoms with Crippen LogP contribution in [0.15, 0.2) is 46.8 Å². The van der Waals surface area contributed by atoms with Gasteiger partial charge in [0.15, 0.2) is 0 Å². The predicted molar refractivity (Wildman–Crippen MR) is 119 cm³/mol. The number of piperidine rings is 1. The van der Waals surface area contributed by atoms with Gasteiger partial charge in [0.05, 0.1) is 22.7 Å². The van der Waals surface area contributed by atoms with Gasteiger partial charge in [0.2, 0.25) is 0 Å². The van der Waals surface area contributed by atoms with E-state index in [0.717, 1.165) is 44.0 Å². The summed E-state index contributed by atoms with van der Waals surface area (Å²) >= 11 is 1.43. The molecule has 1 N–H and O–H groups in total. The summed E-state index contributed by atoms with van der Waals surface area (Å²) in [6, 6.07) is 7.80. The number of aromatic nitrogens is 3. The van der Waals surface area contributed by atoms with Gasteiger partial charge in [-0.25, -0.2) is 4.98 Å². The first-order valence-corrected chi connectivity index (χ1v) is 11.6. The van der Waals surface area contributed by atoms with E-state index in [2.05, 4.69) is 14.9 Å². The quantitative estimate of drug-likeness (QED) is 0.682. The smallest absolute Gasteiger partial charge is 0.264 e. The Labute approximate surface area is 184 Å². The lowest BCUT2D eigenvalue weighted by Gasteiger charge is -2.33. The van der Waals surface area contributed by atoms with E-state index in [-0.39, 0.29) is 17.4 Å². The van der Waals surface area contributed by atoms with Crippen molar-refractivity contribution in [2.45, 2.75) is 38.3 Å². The number of carbonyl (C=O) groups excluding carboxylic acids is 1. The van der Waals surface area contributed by atoms with Crippen LogP contribution in [0.4, 0.5) is 0 Å². The number of likely N-dealkylation sites (tertiary alicyclic amines) is 1. The summed E-state index contributed by atoms with van der Waals surface area (Å²) in [5, 5.41) is 1.90. The van der Waals surface area contributed by atoms with E-state index < -0.39 is 0 Å². The lowest BCUT2D eigenvalue weighted by Crippen LogP contribution is -2.40. The fraction of sp³-hybridized carbons (Fsp3) is 0.391. The molecule has 160 valence electrons. The molecule has 8 heteroatoms. The maximum absolute atomic E-state index is 12.9. The van der Waals surface area contributed by atoms with Crippen molar-refractivity contribution in [3.8, 4) is 0 Å². The van der Waals surface area contributed by atoms with Crippen molar-refractivity contribution in [1.29, 1.82) is 0 Å². The molecule has 7 nitrogen and oxygen atoms in total. The van der Waals surface area contributed by atoms with Crippen LogP contribution in [0.2, 0.25) is 0 Å². The largest absolute Gasteiger partial charge is 0.333 e. The number of pyridine rings is 1. The summed E-state index contributed by atoms with van der Waals surface area (Å²) in [4.78, 5) is 42.5. The van der Waals surface area contributed by atoms with Crippen LogP contribution in [-0.2, 0) is 19.5 Å². The standard InChI is InChI=1S/C23H25N5O2S/c29-22-18-15-28(23(30)20-4-2-12-31-20)11-7-19(18)25-21(26-22)17-3-1-10-27(14-17)13-16-5-8-24-9-6-16/h2,4-6,8-9,12,17H,1,3,7,10-11,13-15H2,(H,25,26,29)/t17-/m0/s1. The van der Waals surface area contributed by atoms with Crippen molar-refractivity contribution in [2.24, 2.45) is 0 Å². The number of hydrogen-bond donors (Lipinski definition) is 1. The van der Waals surface area contributed by atoms with Crippen molar-refractivity contribution < 1.29 is 4.79 Å². The number of aromatic amines is 1. The Morgan fingerprint density at radius 2 is 2.10 bits per heavy atom. The molecule has 3 aromatic heterocycles. The first-order valence-electron chi connectivity index (χ1n) is 10.7. The molecule has 2 aliphatic rings. The molecule has 0 aliphatic carbocycles. The third-order valence-corrected chi connectivity index (χ3v) is 7.01. The molecule has 0 aromatic carbocycles. The highest BCUT2D eigenvalue weighted by molar-refractivity contribution is 7.12. The number of fused-ring (bicyclic) bond motifs is 1. The Kier molecular flexibility index (Phi) is 5.65. The Balaban J connectivity index is 1.31. The van der Waals surface area contributed by atoms with Crippen LogP contribution in [0.25, 0.3) is 0 Å². The monoisotopic (exact) mass is 435 g/mol. The maximum atomic E-state index is 12.9. The molecule has 1 atom stereocenters. The molecule has 3 aromatic rings. The number of amides is 1. The number of nitrogens with one attached hydrogen (secondary N) is 1. The van der Waals surface area contributed by atoms with Gasteiger partial charge in [0.25, 0.3) is 11.5 Å². The van der Waals surface area contributed by atoms with Crippen molar-refractivity contribution in [3.63, 3.8) is 0 Å². The molecule has 1 saturated heterocycles. The van der Waals surface area contributed by atoms with E-state index >= 15 is 0 Å². The van der Waals surface area contributed by atoms with Crippen LogP contribution >= 0.6 is 11.3 Å². The SMILES string of the molecule is O=C(c1cccs1)N1CCc2nc([C@H]3CCCN(Cc4ccncc4)C3)[nH]c(=O)c2C1. The molecule has 1 amide bonds. The van der Waals surface area contributed by atoms with E-state index in [1.807, 2.05) is 42.0 Å². The molecule has 0 saturated carbocycles. The molecule has 2 aliphatic heterocycles. The van der Waals surface area contributed by atoms with E-state index in [4.69, 9.17) is 4.98 Å². The summed E-state index contributed by atoms with van der Waals surface area (Å²) in [5.41, 5.74) is 2.62. The molecular formula is C23H25N5O2S. The molecule has 5 rings (SSSR count).